The van der Waals surface area contributed by atoms with Crippen LogP contribution in [0.3, 0.4) is 0 Å². The topological polar surface area (TPSA) is 80.6 Å². The summed E-state index contributed by atoms with van der Waals surface area (Å²) in [6, 6.07) is 10.5. The summed E-state index contributed by atoms with van der Waals surface area (Å²) in [6.45, 7) is 0. The molecule has 3 aromatic rings. The van der Waals surface area contributed by atoms with Gasteiger partial charge >= 0.3 is 0 Å². The van der Waals surface area contributed by atoms with Crippen LogP contribution in [0, 0.1) is 5.82 Å². The second-order valence-electron chi connectivity index (χ2n) is 6.18. The van der Waals surface area contributed by atoms with Gasteiger partial charge in [0.15, 0.2) is 5.82 Å². The van der Waals surface area contributed by atoms with E-state index in [-0.39, 0.29) is 22.0 Å². The van der Waals surface area contributed by atoms with Gasteiger partial charge in [-0.2, -0.15) is 0 Å². The molecular weight excluding hydrogens is 397 g/mol. The summed E-state index contributed by atoms with van der Waals surface area (Å²) in [6.07, 6.45) is 1.54. The number of ether oxygens (including phenoxy) is 1. The SMILES string of the molecule is COC(=S)N(C)c1cn(-c2ccc(N3C(=O)c4ccccc4C3=O)c(F)c2)nn1. The van der Waals surface area contributed by atoms with Crippen LogP contribution in [0.25, 0.3) is 5.69 Å². The Kier molecular flexibility index (Phi) is 4.55. The fourth-order valence-electron chi connectivity index (χ4n) is 2.99. The van der Waals surface area contributed by atoms with Crippen LogP contribution in [-0.2, 0) is 4.74 Å². The highest BCUT2D eigenvalue weighted by atomic mass is 32.1. The monoisotopic (exact) mass is 411 g/mol. The van der Waals surface area contributed by atoms with E-state index in [0.717, 1.165) is 4.90 Å². The van der Waals surface area contributed by atoms with Crippen molar-refractivity contribution in [3.8, 4) is 5.69 Å². The van der Waals surface area contributed by atoms with Crippen LogP contribution in [0.15, 0.2) is 48.7 Å². The minimum atomic E-state index is -0.741. The quantitative estimate of drug-likeness (QED) is 0.484. The van der Waals surface area contributed by atoms with Gasteiger partial charge in [-0.25, -0.2) is 14.0 Å². The lowest BCUT2D eigenvalue weighted by molar-refractivity contribution is 0.0925. The molecule has 1 aliphatic heterocycles. The van der Waals surface area contributed by atoms with E-state index in [2.05, 4.69) is 10.3 Å². The number of rotatable bonds is 3. The molecule has 0 N–H and O–H groups in total. The summed E-state index contributed by atoms with van der Waals surface area (Å²) >= 11 is 5.03. The van der Waals surface area contributed by atoms with E-state index < -0.39 is 17.6 Å². The van der Waals surface area contributed by atoms with Gasteiger partial charge in [-0.3, -0.25) is 14.5 Å². The van der Waals surface area contributed by atoms with E-state index in [1.54, 1.807) is 37.5 Å². The molecule has 0 bridgehead atoms. The summed E-state index contributed by atoms with van der Waals surface area (Å²) in [5, 5.41) is 8.12. The molecule has 2 heterocycles. The molecule has 0 unspecified atom stereocenters. The second kappa shape index (κ2) is 7.06. The Morgan fingerprint density at radius 3 is 2.38 bits per heavy atom. The molecule has 1 aliphatic rings. The minimum Gasteiger partial charge on any atom is -0.474 e. The third-order valence-corrected chi connectivity index (χ3v) is 4.94. The minimum absolute atomic E-state index is 0.127. The summed E-state index contributed by atoms with van der Waals surface area (Å²) in [7, 11) is 3.10. The molecule has 2 amide bonds. The van der Waals surface area contributed by atoms with Crippen molar-refractivity contribution < 1.29 is 18.7 Å². The van der Waals surface area contributed by atoms with E-state index in [9.17, 15) is 14.0 Å². The first-order valence-electron chi connectivity index (χ1n) is 8.44. The molecule has 0 radical (unpaired) electrons. The number of methoxy groups -OCH3 is 1. The van der Waals surface area contributed by atoms with Gasteiger partial charge in [-0.1, -0.05) is 17.3 Å². The molecule has 0 aliphatic carbocycles. The van der Waals surface area contributed by atoms with Crippen molar-refractivity contribution in [1.29, 1.82) is 0 Å². The lowest BCUT2D eigenvalue weighted by Crippen LogP contribution is -2.30. The number of amides is 2. The van der Waals surface area contributed by atoms with Crippen LogP contribution < -0.4 is 9.80 Å². The predicted molar refractivity (Wildman–Crippen MR) is 107 cm³/mol. The molecule has 29 heavy (non-hydrogen) atoms. The molecule has 8 nitrogen and oxygen atoms in total. The number of carbonyl (C=O) groups excluding carboxylic acids is 2. The summed E-state index contributed by atoms with van der Waals surface area (Å²) in [4.78, 5) is 27.5. The molecule has 0 fully saturated rings. The number of thiocarbonyl (C=S) groups is 1. The smallest absolute Gasteiger partial charge is 0.266 e. The van der Waals surface area contributed by atoms with Crippen LogP contribution in [0.4, 0.5) is 15.9 Å². The van der Waals surface area contributed by atoms with Crippen LogP contribution in [-0.4, -0.2) is 46.1 Å². The van der Waals surface area contributed by atoms with Gasteiger partial charge in [-0.05, 0) is 36.5 Å². The van der Waals surface area contributed by atoms with Gasteiger partial charge < -0.3 is 4.74 Å². The Bertz CT molecular complexity index is 1130. The highest BCUT2D eigenvalue weighted by Gasteiger charge is 2.37. The Morgan fingerprint density at radius 1 is 1.14 bits per heavy atom. The fraction of sp³-hybridized carbons (Fsp3) is 0.105. The largest absolute Gasteiger partial charge is 0.474 e. The molecule has 0 saturated heterocycles. The number of fused-ring (bicyclic) bond motifs is 1. The van der Waals surface area contributed by atoms with Gasteiger partial charge in [0.25, 0.3) is 17.0 Å². The standard InChI is InChI=1S/C19H14FN5O3S/c1-23(19(29)28-2)16-10-24(22-21-16)11-7-8-15(14(20)9-11)25-17(26)12-5-3-4-6-13(12)18(25)27/h3-10H,1-2H3. The molecule has 2 aromatic carbocycles. The summed E-state index contributed by atoms with van der Waals surface area (Å²) in [5.74, 6) is -1.46. The van der Waals surface area contributed by atoms with Gasteiger partial charge in [-0.15, -0.1) is 5.10 Å². The second-order valence-corrected chi connectivity index (χ2v) is 6.53. The number of anilines is 2. The normalized spacial score (nSPS) is 12.9. The maximum atomic E-state index is 14.8. The van der Waals surface area contributed by atoms with Crippen molar-refractivity contribution in [2.75, 3.05) is 24.0 Å². The number of carbonyl (C=O) groups is 2. The van der Waals surface area contributed by atoms with Gasteiger partial charge in [0.05, 0.1) is 35.8 Å². The third kappa shape index (κ3) is 3.03. The zero-order valence-corrected chi connectivity index (χ0v) is 16.2. The lowest BCUT2D eigenvalue weighted by Gasteiger charge is -2.15. The Morgan fingerprint density at radius 2 is 1.79 bits per heavy atom. The van der Waals surface area contributed by atoms with Crippen molar-refractivity contribution in [2.24, 2.45) is 0 Å². The van der Waals surface area contributed by atoms with Crippen LogP contribution in [0.5, 0.6) is 0 Å². The molecule has 10 heteroatoms. The molecular formula is C19H14FN5O3S. The number of hydrogen-bond acceptors (Lipinski definition) is 6. The molecule has 1 aromatic heterocycles. The zero-order chi connectivity index (χ0) is 20.7. The Balaban J connectivity index is 1.65. The van der Waals surface area contributed by atoms with Crippen molar-refractivity contribution in [1.82, 2.24) is 15.0 Å². The fourth-order valence-corrected chi connectivity index (χ4v) is 3.09. The van der Waals surface area contributed by atoms with E-state index in [1.807, 2.05) is 0 Å². The van der Waals surface area contributed by atoms with E-state index in [4.69, 9.17) is 17.0 Å². The van der Waals surface area contributed by atoms with Crippen LogP contribution >= 0.6 is 12.2 Å². The van der Waals surface area contributed by atoms with E-state index >= 15 is 0 Å². The maximum absolute atomic E-state index is 14.8. The number of aromatic nitrogens is 3. The van der Waals surface area contributed by atoms with Crippen molar-refractivity contribution in [3.63, 3.8) is 0 Å². The van der Waals surface area contributed by atoms with Crippen LogP contribution in [0.1, 0.15) is 20.7 Å². The summed E-state index contributed by atoms with van der Waals surface area (Å²) < 4.78 is 21.2. The molecule has 0 atom stereocenters. The molecule has 4 rings (SSSR count). The highest BCUT2D eigenvalue weighted by molar-refractivity contribution is 7.80. The van der Waals surface area contributed by atoms with Crippen molar-refractivity contribution in [2.45, 2.75) is 0 Å². The molecule has 146 valence electrons. The van der Waals surface area contributed by atoms with Crippen molar-refractivity contribution >= 4 is 40.7 Å². The number of nitrogens with zero attached hydrogens (tertiary/aromatic N) is 5. The highest BCUT2D eigenvalue weighted by Crippen LogP contribution is 2.31. The average molecular weight is 411 g/mol. The first-order valence-corrected chi connectivity index (χ1v) is 8.85. The number of hydrogen-bond donors (Lipinski definition) is 0. The first kappa shape index (κ1) is 18.7. The van der Waals surface area contributed by atoms with Crippen LogP contribution in [0.2, 0.25) is 0 Å². The Hall–Kier alpha value is -3.66. The third-order valence-electron chi connectivity index (χ3n) is 4.50. The molecule has 0 spiro atoms. The summed E-state index contributed by atoms with van der Waals surface area (Å²) in [5.41, 5.74) is 0.731. The zero-order valence-electron chi connectivity index (χ0n) is 15.4. The average Bonchev–Trinajstić information content (AvgIpc) is 3.32. The first-order chi connectivity index (χ1) is 13.9. The molecule has 0 saturated carbocycles. The predicted octanol–water partition coefficient (Wildman–Crippen LogP) is 2.57. The Labute approximate surface area is 170 Å². The number of benzene rings is 2. The van der Waals surface area contributed by atoms with Gasteiger partial charge in [0.2, 0.25) is 0 Å². The van der Waals surface area contributed by atoms with Crippen molar-refractivity contribution in [3.05, 3.63) is 65.6 Å². The van der Waals surface area contributed by atoms with E-state index in [1.165, 1.54) is 34.9 Å². The van der Waals surface area contributed by atoms with Gasteiger partial charge in [0, 0.05) is 13.1 Å². The lowest BCUT2D eigenvalue weighted by atomic mass is 10.1. The van der Waals surface area contributed by atoms with Gasteiger partial charge in [0.1, 0.15) is 5.82 Å². The number of halogens is 1. The number of imide groups is 1. The van der Waals surface area contributed by atoms with E-state index in [0.29, 0.717) is 11.5 Å². The maximum Gasteiger partial charge on any atom is 0.266 e.